The van der Waals surface area contributed by atoms with Crippen LogP contribution in [0, 0.1) is 29.1 Å². The van der Waals surface area contributed by atoms with Gasteiger partial charge in [0, 0.05) is 13.2 Å². The Morgan fingerprint density at radius 1 is 0.968 bits per heavy atom. The monoisotopic (exact) mass is 447 g/mol. The second-order valence-corrected chi connectivity index (χ2v) is 11.3. The van der Waals surface area contributed by atoms with E-state index in [1.54, 1.807) is 0 Å². The number of likely N-dealkylation sites (tertiary alicyclic amines) is 1. The summed E-state index contributed by atoms with van der Waals surface area (Å²) in [6.45, 7) is 4.36. The first kappa shape index (κ1) is 23.5. The average molecular weight is 448 g/mol. The van der Waals surface area contributed by atoms with Crippen molar-refractivity contribution in [2.75, 3.05) is 32.8 Å². The van der Waals surface area contributed by atoms with Gasteiger partial charge in [0.15, 0.2) is 0 Å². The van der Waals surface area contributed by atoms with Crippen LogP contribution < -0.4 is 0 Å². The molecule has 1 N–H and O–H groups in total. The van der Waals surface area contributed by atoms with Gasteiger partial charge in [0.25, 0.3) is 0 Å². The second-order valence-electron chi connectivity index (χ2n) is 11.3. The van der Waals surface area contributed by atoms with Crippen molar-refractivity contribution in [3.05, 3.63) is 35.9 Å². The lowest BCUT2D eigenvalue weighted by Crippen LogP contribution is -2.46. The normalized spacial score (nSPS) is 33.9. The standard InChI is InChI=1S/C27H41NO2.ClH/c29-26(19-28-9-6-22(7-10-28)12-21-4-2-1-3-5-21)20-30-11-8-27-16-23-13-24(17-27)15-25(14-23)18-27;/h1-5,22-26,29H,6-20H2;1H. The molecule has 0 spiro atoms. The number of ether oxygens (including phenoxy) is 1. The molecule has 1 aliphatic heterocycles. The predicted molar refractivity (Wildman–Crippen MR) is 129 cm³/mol. The van der Waals surface area contributed by atoms with Crippen LogP contribution in [0.15, 0.2) is 30.3 Å². The van der Waals surface area contributed by atoms with Crippen LogP contribution in [0.25, 0.3) is 0 Å². The van der Waals surface area contributed by atoms with E-state index in [-0.39, 0.29) is 18.5 Å². The Labute approximate surface area is 195 Å². The summed E-state index contributed by atoms with van der Waals surface area (Å²) in [6.07, 6.45) is 13.5. The number of β-amino-alcohol motifs (C(OH)–C–C–N with tert-alkyl or cyclic N) is 1. The van der Waals surface area contributed by atoms with Gasteiger partial charge >= 0.3 is 0 Å². The van der Waals surface area contributed by atoms with Crippen molar-refractivity contribution in [2.45, 2.75) is 70.3 Å². The van der Waals surface area contributed by atoms with Crippen LogP contribution in [-0.2, 0) is 11.2 Å². The molecule has 174 valence electrons. The lowest BCUT2D eigenvalue weighted by Gasteiger charge is -2.57. The van der Waals surface area contributed by atoms with Crippen molar-refractivity contribution >= 4 is 12.4 Å². The molecule has 3 nitrogen and oxygen atoms in total. The molecule has 1 saturated heterocycles. The summed E-state index contributed by atoms with van der Waals surface area (Å²) in [4.78, 5) is 2.44. The summed E-state index contributed by atoms with van der Waals surface area (Å²) in [5.41, 5.74) is 2.06. The van der Waals surface area contributed by atoms with Gasteiger partial charge in [0.1, 0.15) is 0 Å². The van der Waals surface area contributed by atoms with E-state index in [1.807, 2.05) is 0 Å². The highest BCUT2D eigenvalue weighted by molar-refractivity contribution is 5.85. The Bertz CT molecular complexity index is 638. The number of piperidine rings is 1. The largest absolute Gasteiger partial charge is 0.389 e. The van der Waals surface area contributed by atoms with Crippen LogP contribution in [0.5, 0.6) is 0 Å². The lowest BCUT2D eigenvalue weighted by atomic mass is 9.49. The van der Waals surface area contributed by atoms with Crippen molar-refractivity contribution in [3.63, 3.8) is 0 Å². The Kier molecular flexibility index (Phi) is 8.01. The Morgan fingerprint density at radius 3 is 2.19 bits per heavy atom. The minimum absolute atomic E-state index is 0. The molecule has 0 amide bonds. The maximum Gasteiger partial charge on any atom is 0.0900 e. The zero-order chi connectivity index (χ0) is 20.4. The summed E-state index contributed by atoms with van der Waals surface area (Å²) in [5, 5.41) is 10.5. The highest BCUT2D eigenvalue weighted by Gasteiger charge is 2.50. The zero-order valence-electron chi connectivity index (χ0n) is 19.1. The van der Waals surface area contributed by atoms with Crippen molar-refractivity contribution < 1.29 is 9.84 Å². The third kappa shape index (κ3) is 6.05. The van der Waals surface area contributed by atoms with Crippen molar-refractivity contribution in [1.82, 2.24) is 4.90 Å². The molecule has 4 saturated carbocycles. The first-order valence-corrected chi connectivity index (χ1v) is 12.7. The quantitative estimate of drug-likeness (QED) is 0.518. The number of benzene rings is 1. The van der Waals surface area contributed by atoms with Gasteiger partial charge in [-0.25, -0.2) is 0 Å². The van der Waals surface area contributed by atoms with E-state index in [0.717, 1.165) is 49.9 Å². The van der Waals surface area contributed by atoms with Crippen LogP contribution >= 0.6 is 12.4 Å². The Morgan fingerprint density at radius 2 is 1.58 bits per heavy atom. The minimum atomic E-state index is -0.341. The van der Waals surface area contributed by atoms with Crippen LogP contribution in [0.1, 0.15) is 63.4 Å². The van der Waals surface area contributed by atoms with Gasteiger partial charge in [-0.05, 0) is 112 Å². The Hall–Kier alpha value is -0.610. The van der Waals surface area contributed by atoms with Crippen molar-refractivity contribution in [3.8, 4) is 0 Å². The fourth-order valence-corrected chi connectivity index (χ4v) is 7.78. The smallest absolute Gasteiger partial charge is 0.0900 e. The molecule has 5 fully saturated rings. The number of rotatable bonds is 9. The topological polar surface area (TPSA) is 32.7 Å². The first-order chi connectivity index (χ1) is 14.7. The third-order valence-corrected chi connectivity index (χ3v) is 8.80. The van der Waals surface area contributed by atoms with Gasteiger partial charge in [0.2, 0.25) is 0 Å². The van der Waals surface area contributed by atoms with Gasteiger partial charge in [-0.1, -0.05) is 30.3 Å². The molecule has 4 aliphatic carbocycles. The SMILES string of the molecule is Cl.OC(COCCC12CC3CC(CC(C3)C1)C2)CN1CCC(Cc2ccccc2)CC1. The number of hydrogen-bond acceptors (Lipinski definition) is 3. The Balaban J connectivity index is 0.00000231. The summed E-state index contributed by atoms with van der Waals surface area (Å²) < 4.78 is 6.00. The zero-order valence-corrected chi connectivity index (χ0v) is 19.9. The molecule has 0 radical (unpaired) electrons. The number of hydrogen-bond donors (Lipinski definition) is 1. The average Bonchev–Trinajstić information content (AvgIpc) is 2.73. The fraction of sp³-hybridized carbons (Fsp3) is 0.778. The third-order valence-electron chi connectivity index (χ3n) is 8.80. The van der Waals surface area contributed by atoms with Gasteiger partial charge in [-0.3, -0.25) is 0 Å². The number of aliphatic hydroxyl groups excluding tert-OH is 1. The molecule has 6 rings (SSSR count). The van der Waals surface area contributed by atoms with Crippen LogP contribution in [0.4, 0.5) is 0 Å². The maximum atomic E-state index is 10.5. The molecule has 4 heteroatoms. The van der Waals surface area contributed by atoms with Gasteiger partial charge in [-0.15, -0.1) is 12.4 Å². The van der Waals surface area contributed by atoms with E-state index < -0.39 is 0 Å². The highest BCUT2D eigenvalue weighted by Crippen LogP contribution is 2.61. The van der Waals surface area contributed by atoms with Crippen LogP contribution in [0.3, 0.4) is 0 Å². The van der Waals surface area contributed by atoms with Crippen LogP contribution in [-0.4, -0.2) is 49.0 Å². The molecule has 4 bridgehead atoms. The number of nitrogens with zero attached hydrogens (tertiary/aromatic N) is 1. The van der Waals surface area contributed by atoms with E-state index in [9.17, 15) is 5.11 Å². The summed E-state index contributed by atoms with van der Waals surface area (Å²) >= 11 is 0. The number of halogens is 1. The van der Waals surface area contributed by atoms with E-state index in [4.69, 9.17) is 4.74 Å². The van der Waals surface area contributed by atoms with E-state index >= 15 is 0 Å². The molecule has 5 aliphatic rings. The maximum absolute atomic E-state index is 10.5. The highest BCUT2D eigenvalue weighted by atomic mass is 35.5. The van der Waals surface area contributed by atoms with Crippen molar-refractivity contribution in [1.29, 1.82) is 0 Å². The van der Waals surface area contributed by atoms with E-state index in [0.29, 0.717) is 12.0 Å². The van der Waals surface area contributed by atoms with Gasteiger partial charge in [0.05, 0.1) is 12.7 Å². The fourth-order valence-electron chi connectivity index (χ4n) is 7.78. The van der Waals surface area contributed by atoms with Crippen LogP contribution in [0.2, 0.25) is 0 Å². The van der Waals surface area contributed by atoms with Gasteiger partial charge in [-0.2, -0.15) is 0 Å². The molecule has 31 heavy (non-hydrogen) atoms. The van der Waals surface area contributed by atoms with E-state index in [2.05, 4.69) is 35.2 Å². The molecule has 1 unspecified atom stereocenters. The lowest BCUT2D eigenvalue weighted by molar-refractivity contribution is -0.0743. The second kappa shape index (κ2) is 10.5. The van der Waals surface area contributed by atoms with Crippen molar-refractivity contribution in [2.24, 2.45) is 29.1 Å². The first-order valence-electron chi connectivity index (χ1n) is 12.7. The summed E-state index contributed by atoms with van der Waals surface area (Å²) in [7, 11) is 0. The molecular formula is C27H42ClNO2. The summed E-state index contributed by atoms with van der Waals surface area (Å²) in [5.74, 6) is 3.85. The minimum Gasteiger partial charge on any atom is -0.389 e. The summed E-state index contributed by atoms with van der Waals surface area (Å²) in [6, 6.07) is 10.9. The van der Waals surface area contributed by atoms with E-state index in [1.165, 1.54) is 69.8 Å². The predicted octanol–water partition coefficient (Wildman–Crippen LogP) is 5.35. The molecule has 1 aromatic carbocycles. The molecule has 1 atom stereocenters. The molecular weight excluding hydrogens is 406 g/mol. The molecule has 0 aromatic heterocycles. The molecule has 1 aromatic rings. The molecule has 1 heterocycles. The number of aliphatic hydroxyl groups is 1. The van der Waals surface area contributed by atoms with Gasteiger partial charge < -0.3 is 14.7 Å².